The number of carbonyl (C=O) groups is 12. The highest BCUT2D eigenvalue weighted by atomic mass is 16.7. The molecule has 3 heterocycles. The molecule has 42 nitrogen and oxygen atoms in total. The Bertz CT molecular complexity index is 4040. The third kappa shape index (κ3) is 43.3. The van der Waals surface area contributed by atoms with Crippen LogP contribution in [0, 0.1) is 35.5 Å². The van der Waals surface area contributed by atoms with Crippen LogP contribution < -0.4 is 31.7 Å². The van der Waals surface area contributed by atoms with E-state index in [1.165, 1.54) is 39.5 Å². The Morgan fingerprint density at radius 2 is 1.14 bits per heavy atom. The minimum atomic E-state index is -1.88. The number of rotatable bonds is 77. The van der Waals surface area contributed by atoms with Crippen LogP contribution in [0.5, 0.6) is 5.75 Å². The lowest BCUT2D eigenvalue weighted by Gasteiger charge is -2.41. The first kappa shape index (κ1) is 120. The highest BCUT2D eigenvalue weighted by molar-refractivity contribution is 6.15. The fraction of sp³-hybridized carbons (Fsp3) is 0.711. The summed E-state index contributed by atoms with van der Waals surface area (Å²) in [5.41, 5.74) is 6.64. The van der Waals surface area contributed by atoms with Gasteiger partial charge in [0.2, 0.25) is 41.2 Å². The minimum Gasteiger partial charge on any atom is -0.475 e. The van der Waals surface area contributed by atoms with Crippen molar-refractivity contribution in [2.75, 3.05) is 219 Å². The van der Waals surface area contributed by atoms with Crippen LogP contribution in [0.2, 0.25) is 0 Å². The van der Waals surface area contributed by atoms with Gasteiger partial charge in [0, 0.05) is 111 Å². The average molecular weight is 1980 g/mol. The molecule has 0 radical (unpaired) electrons. The van der Waals surface area contributed by atoms with Gasteiger partial charge in [0.1, 0.15) is 36.3 Å². The number of carbonyl (C=O) groups excluding carboxylic acids is 11. The Balaban J connectivity index is 1.09. The van der Waals surface area contributed by atoms with Gasteiger partial charge in [-0.3, -0.25) is 52.8 Å². The van der Waals surface area contributed by atoms with Gasteiger partial charge in [0.15, 0.2) is 11.9 Å². The number of nitrogens with zero attached hydrogens (tertiary/aromatic N) is 4. The van der Waals surface area contributed by atoms with Crippen LogP contribution >= 0.6 is 0 Å². The number of Topliss-reactive ketones (excluding diaryl/α,β-unsaturated/α-hetero) is 2. The SMILES string of the molecule is CC[C@H](C)[C@@H]([C@@H](CC(=O)N1CCC[C@H]1[C@H](OC)[C@@H](C)C(=O)C[C@H](C)[C@@H](O)c1ccccc1)OC)N(C)C(=O)[C@@H](CC(=O)[C@H](C(C)C)N(C)C(=O)OCc1ccc(O[C@@H]2OC(C(=O)O)=C[C@H](O)[C@H]2O)c(NC(=O)CCNC(=O)[C@H](CCCCNC(=O)CCOCCOCCOCCOCCOCCOCCOCCOCCOCCOCCOCCOC)NC(=O)C(CN)N2C(=O)C=CC2=O)c1)C(C)C. The summed E-state index contributed by atoms with van der Waals surface area (Å²) in [6.07, 6.45) is -4.58. The van der Waals surface area contributed by atoms with E-state index < -0.39 is 169 Å². The molecule has 15 atom stereocenters. The van der Waals surface area contributed by atoms with E-state index in [0.717, 1.165) is 23.1 Å². The second-order valence-corrected chi connectivity index (χ2v) is 34.8. The fourth-order valence-electron chi connectivity index (χ4n) is 16.0. The number of amides is 9. The minimum absolute atomic E-state index is 0.0262. The number of nitrogens with two attached hydrogens (primary N) is 1. The molecule has 1 unspecified atom stereocenters. The Morgan fingerprint density at radius 1 is 0.597 bits per heavy atom. The summed E-state index contributed by atoms with van der Waals surface area (Å²) in [4.78, 5) is 170. The second-order valence-electron chi connectivity index (χ2n) is 34.8. The van der Waals surface area contributed by atoms with Crippen molar-refractivity contribution in [2.45, 2.75) is 200 Å². The predicted molar refractivity (Wildman–Crippen MR) is 505 cm³/mol. The van der Waals surface area contributed by atoms with Gasteiger partial charge in [-0.1, -0.05) is 98.2 Å². The fourth-order valence-corrected chi connectivity index (χ4v) is 16.0. The summed E-state index contributed by atoms with van der Waals surface area (Å²) in [6, 6.07) is 8.01. The molecule has 0 aromatic heterocycles. The molecule has 9 amide bonds. The zero-order chi connectivity index (χ0) is 102. The number of methoxy groups -OCH3 is 3. The molecule has 5 rings (SSSR count). The van der Waals surface area contributed by atoms with Gasteiger partial charge in [-0.15, -0.1) is 0 Å². The molecule has 42 heteroatoms. The number of ketones is 2. The summed E-state index contributed by atoms with van der Waals surface area (Å²) in [5.74, 6) is -11.4. The Labute approximate surface area is 816 Å². The smallest absolute Gasteiger partial charge is 0.410 e. The molecule has 1 fully saturated rings. The normalized spacial score (nSPS) is 17.8. The van der Waals surface area contributed by atoms with Crippen molar-refractivity contribution in [1.82, 2.24) is 35.6 Å². The Kier molecular flexibility index (Phi) is 58.9. The van der Waals surface area contributed by atoms with Gasteiger partial charge < -0.3 is 143 Å². The molecule has 3 aliphatic rings. The molecular formula is C97H155N9O33. The molecule has 2 aromatic rings. The molecule has 2 aromatic carbocycles. The first-order valence-electron chi connectivity index (χ1n) is 48.1. The van der Waals surface area contributed by atoms with E-state index in [4.69, 9.17) is 86.3 Å². The first-order valence-corrected chi connectivity index (χ1v) is 48.1. The molecule has 0 saturated carbocycles. The highest BCUT2D eigenvalue weighted by Gasteiger charge is 2.46. The van der Waals surface area contributed by atoms with E-state index >= 15 is 4.79 Å². The van der Waals surface area contributed by atoms with E-state index in [2.05, 4.69) is 21.3 Å². The van der Waals surface area contributed by atoms with Gasteiger partial charge in [0.05, 0.1) is 201 Å². The van der Waals surface area contributed by atoms with Crippen molar-refractivity contribution in [1.29, 1.82) is 0 Å². The van der Waals surface area contributed by atoms with Crippen molar-refractivity contribution < 1.29 is 158 Å². The standard InChI is InChI=1S/C97H155N9O33/c1-14-66(6)88(80(124-12)61-86(114)105-33-20-24-74(105)91(125-13)68(8)76(107)57-67(7)89(115)70-21-16-15-17-22-70)103(9)94(119)71(64(2)3)59-77(108)87(65(4)5)104(10)97(122)137-63-69-25-26-79(138-96-90(116)78(109)60-81(139-96)95(120)121)73(58-69)101-83(111)29-32-100-92(117)72(102-93(118)75(62-98)106-84(112)27-28-85(106)113)23-18-19-31-99-82(110)30-34-126-37-38-128-41-42-130-45-46-132-49-50-134-53-54-136-56-55-135-52-51-133-48-47-131-44-43-129-40-39-127-36-35-123-11/h15-17,21-22,25-28,58,60,64-68,71-72,74-75,78,80,87-91,96,109,115-116H,14,18-20,23-24,29-57,59,61-63,98H2,1-13H3,(H,99,110)(H,100,117)(H,101,111)(H,102,118)(H,120,121)/t66-,67-,68-,71-,72-,74-,75?,78-,80+,87-,88-,89+,90+,91+,96+/m0/s1. The molecule has 786 valence electrons. The van der Waals surface area contributed by atoms with Gasteiger partial charge in [-0.25, -0.2) is 9.59 Å². The number of imide groups is 1. The van der Waals surface area contributed by atoms with E-state index in [-0.39, 0.29) is 118 Å². The van der Waals surface area contributed by atoms with Crippen molar-refractivity contribution in [3.63, 3.8) is 0 Å². The molecule has 10 N–H and O–H groups in total. The predicted octanol–water partition coefficient (Wildman–Crippen LogP) is 3.87. The van der Waals surface area contributed by atoms with Crippen molar-refractivity contribution in [3.8, 4) is 5.75 Å². The number of hydrogen-bond acceptors (Lipinski definition) is 33. The van der Waals surface area contributed by atoms with Crippen LogP contribution in [0.3, 0.4) is 0 Å². The maximum Gasteiger partial charge on any atom is 0.410 e. The highest BCUT2D eigenvalue weighted by Crippen LogP contribution is 2.36. The summed E-state index contributed by atoms with van der Waals surface area (Å²) in [5, 5.41) is 53.0. The lowest BCUT2D eigenvalue weighted by Crippen LogP contribution is -2.57. The number of nitrogens with one attached hydrogen (secondary N) is 4. The Morgan fingerprint density at radius 3 is 1.63 bits per heavy atom. The van der Waals surface area contributed by atoms with Gasteiger partial charge >= 0.3 is 12.1 Å². The number of benzene rings is 2. The quantitative estimate of drug-likeness (QED) is 0.0335. The van der Waals surface area contributed by atoms with Crippen LogP contribution in [0.15, 0.2) is 72.5 Å². The summed E-state index contributed by atoms with van der Waals surface area (Å²) >= 11 is 0. The largest absolute Gasteiger partial charge is 0.475 e. The number of hydrogen-bond donors (Lipinski definition) is 9. The molecule has 0 spiro atoms. The molecule has 139 heavy (non-hydrogen) atoms. The number of ether oxygens (including phenoxy) is 17. The molecule has 3 aliphatic heterocycles. The zero-order valence-corrected chi connectivity index (χ0v) is 83.2. The molecule has 0 bridgehead atoms. The maximum absolute atomic E-state index is 15.1. The maximum atomic E-state index is 15.1. The number of unbranched alkanes of at least 4 members (excludes halogenated alkanes) is 1. The summed E-state index contributed by atoms with van der Waals surface area (Å²) in [6.45, 7) is 23.1. The van der Waals surface area contributed by atoms with Crippen LogP contribution in [-0.2, 0) is 135 Å². The topological polar surface area (TPSA) is 530 Å². The summed E-state index contributed by atoms with van der Waals surface area (Å²) < 4.78 is 94.7. The van der Waals surface area contributed by atoms with Crippen LogP contribution in [0.25, 0.3) is 0 Å². The molecule has 1 saturated heterocycles. The second kappa shape index (κ2) is 68.1. The average Bonchev–Trinajstić information content (AvgIpc) is 1.82. The lowest BCUT2D eigenvalue weighted by molar-refractivity contribution is -0.172. The van der Waals surface area contributed by atoms with Crippen molar-refractivity contribution in [2.24, 2.45) is 41.2 Å². The monoisotopic (exact) mass is 1970 g/mol. The third-order valence-corrected chi connectivity index (χ3v) is 23.9. The van der Waals surface area contributed by atoms with E-state index in [1.807, 2.05) is 65.0 Å². The number of carboxylic acids is 1. The van der Waals surface area contributed by atoms with Crippen molar-refractivity contribution in [3.05, 3.63) is 83.6 Å². The molecular weight excluding hydrogens is 1820 g/mol. The first-order chi connectivity index (χ1) is 66.7. The molecule has 0 aliphatic carbocycles. The number of carboxylic acid groups (broad SMARTS) is 1. The van der Waals surface area contributed by atoms with E-state index in [9.17, 15) is 73.2 Å². The zero-order valence-electron chi connectivity index (χ0n) is 83.2. The number of aliphatic hydroxyl groups is 3. The number of likely N-dealkylation sites (tertiary alicyclic amines) is 1. The summed E-state index contributed by atoms with van der Waals surface area (Å²) in [7, 11) is 7.64. The lowest BCUT2D eigenvalue weighted by atomic mass is 9.83. The third-order valence-electron chi connectivity index (χ3n) is 23.9. The van der Waals surface area contributed by atoms with Crippen LogP contribution in [0.1, 0.15) is 143 Å². The van der Waals surface area contributed by atoms with Gasteiger partial charge in [0.25, 0.3) is 18.1 Å². The van der Waals surface area contributed by atoms with Crippen molar-refractivity contribution >= 4 is 76.6 Å². The number of anilines is 1. The van der Waals surface area contributed by atoms with Crippen LogP contribution in [0.4, 0.5) is 10.5 Å². The van der Waals surface area contributed by atoms with E-state index in [1.54, 1.807) is 44.7 Å². The van der Waals surface area contributed by atoms with Gasteiger partial charge in [-0.2, -0.15) is 0 Å². The Hall–Kier alpha value is -9.16. The number of likely N-dealkylation sites (N-methyl/N-ethyl adjacent to an activating group) is 2. The van der Waals surface area contributed by atoms with E-state index in [0.29, 0.717) is 175 Å². The van der Waals surface area contributed by atoms with Crippen LogP contribution in [-0.4, -0.2) is 385 Å². The number of aliphatic hydroxyl groups excluding tert-OH is 3. The van der Waals surface area contributed by atoms with Gasteiger partial charge in [-0.05, 0) is 85.1 Å². The number of aliphatic carboxylic acids is 1.